The molecule has 1 aromatic rings. The largest absolute Gasteiger partial charge is 0.379 e. The molecule has 1 heterocycles. The highest BCUT2D eigenvalue weighted by atomic mass is 16.5. The number of hydrogen-bond donors (Lipinski definition) is 1. The molecule has 1 N–H and O–H groups in total. The van der Waals surface area contributed by atoms with Gasteiger partial charge in [0.25, 0.3) is 0 Å². The highest BCUT2D eigenvalue weighted by Gasteiger charge is 2.12. The minimum absolute atomic E-state index is 0.536. The summed E-state index contributed by atoms with van der Waals surface area (Å²) in [5, 5.41) is 3.49. The topological polar surface area (TPSA) is 21.3 Å². The Bertz CT molecular complexity index is 325. The molecule has 1 atom stereocenters. The van der Waals surface area contributed by atoms with Gasteiger partial charge in [0, 0.05) is 12.6 Å². The van der Waals surface area contributed by atoms with Crippen molar-refractivity contribution >= 4 is 0 Å². The van der Waals surface area contributed by atoms with E-state index in [1.54, 1.807) is 0 Å². The molecule has 1 aliphatic rings. The maximum absolute atomic E-state index is 5.46. The first-order valence-electron chi connectivity index (χ1n) is 6.65. The van der Waals surface area contributed by atoms with Crippen molar-refractivity contribution in [3.63, 3.8) is 0 Å². The molecule has 1 saturated heterocycles. The molecular formula is C15H23NO. The molecule has 1 unspecified atom stereocenters. The maximum Gasteiger partial charge on any atom is 0.0620 e. The van der Waals surface area contributed by atoms with Crippen molar-refractivity contribution in [2.75, 3.05) is 19.8 Å². The van der Waals surface area contributed by atoms with Crippen LogP contribution in [0.25, 0.3) is 0 Å². The Morgan fingerprint density at radius 1 is 1.29 bits per heavy atom. The molecule has 1 aromatic carbocycles. The zero-order valence-corrected chi connectivity index (χ0v) is 10.9. The summed E-state index contributed by atoms with van der Waals surface area (Å²) >= 11 is 0. The molecular weight excluding hydrogens is 210 g/mol. The number of ether oxygens (including phenoxy) is 1. The van der Waals surface area contributed by atoms with Gasteiger partial charge in [-0.2, -0.15) is 0 Å². The van der Waals surface area contributed by atoms with Crippen molar-refractivity contribution in [1.82, 2.24) is 5.32 Å². The lowest BCUT2D eigenvalue weighted by Gasteiger charge is -2.23. The first kappa shape index (κ1) is 12.6. The second-order valence-electron chi connectivity index (χ2n) is 5.16. The van der Waals surface area contributed by atoms with Gasteiger partial charge in [0.05, 0.1) is 13.2 Å². The predicted octanol–water partition coefficient (Wildman–Crippen LogP) is 2.73. The fraction of sp³-hybridized carbons (Fsp3) is 0.600. The van der Waals surface area contributed by atoms with Crippen LogP contribution in [-0.2, 0) is 11.2 Å². The minimum Gasteiger partial charge on any atom is -0.379 e. The van der Waals surface area contributed by atoms with E-state index < -0.39 is 0 Å². The Kier molecular flexibility index (Phi) is 4.57. The van der Waals surface area contributed by atoms with E-state index in [4.69, 9.17) is 4.74 Å². The van der Waals surface area contributed by atoms with E-state index >= 15 is 0 Å². The fourth-order valence-corrected chi connectivity index (χ4v) is 2.22. The molecule has 1 aliphatic heterocycles. The first-order valence-corrected chi connectivity index (χ1v) is 6.65. The zero-order valence-electron chi connectivity index (χ0n) is 10.9. The summed E-state index contributed by atoms with van der Waals surface area (Å²) in [6.07, 6.45) is 2.31. The van der Waals surface area contributed by atoms with Gasteiger partial charge in [-0.25, -0.2) is 0 Å². The van der Waals surface area contributed by atoms with Crippen LogP contribution in [0.4, 0.5) is 0 Å². The van der Waals surface area contributed by atoms with Crippen LogP contribution in [0.1, 0.15) is 37.3 Å². The molecule has 0 spiro atoms. The predicted molar refractivity (Wildman–Crippen MR) is 71.5 cm³/mol. The minimum atomic E-state index is 0.536. The molecule has 0 aromatic heterocycles. The number of benzene rings is 1. The first-order chi connectivity index (χ1) is 8.25. The maximum atomic E-state index is 5.46. The highest BCUT2D eigenvalue weighted by molar-refractivity contribution is 5.24. The van der Waals surface area contributed by atoms with Gasteiger partial charge < -0.3 is 10.1 Å². The van der Waals surface area contributed by atoms with Crippen LogP contribution >= 0.6 is 0 Å². The fourth-order valence-electron chi connectivity index (χ4n) is 2.22. The number of rotatable bonds is 4. The second-order valence-corrected chi connectivity index (χ2v) is 5.16. The Labute approximate surface area is 104 Å². The Balaban J connectivity index is 1.82. The third-order valence-electron chi connectivity index (χ3n) is 3.43. The van der Waals surface area contributed by atoms with Gasteiger partial charge in [0.15, 0.2) is 0 Å². The van der Waals surface area contributed by atoms with Gasteiger partial charge in [-0.1, -0.05) is 38.1 Å². The number of nitrogens with one attached hydrogen (secondary N) is 1. The van der Waals surface area contributed by atoms with Crippen molar-refractivity contribution in [3.8, 4) is 0 Å². The molecule has 0 radical (unpaired) electrons. The lowest BCUT2D eigenvalue weighted by atomic mass is 9.99. The Morgan fingerprint density at radius 2 is 2.06 bits per heavy atom. The van der Waals surface area contributed by atoms with Crippen LogP contribution in [0, 0.1) is 0 Å². The van der Waals surface area contributed by atoms with Crippen molar-refractivity contribution in [3.05, 3.63) is 35.4 Å². The molecule has 0 aliphatic carbocycles. The number of aryl methyl sites for hydroxylation is 1. The zero-order chi connectivity index (χ0) is 12.1. The molecule has 17 heavy (non-hydrogen) atoms. The highest BCUT2D eigenvalue weighted by Crippen LogP contribution is 2.16. The molecule has 94 valence electrons. The summed E-state index contributed by atoms with van der Waals surface area (Å²) in [7, 11) is 0. The van der Waals surface area contributed by atoms with Crippen LogP contribution in [0.2, 0.25) is 0 Å². The molecule has 0 bridgehead atoms. The molecule has 0 saturated carbocycles. The van der Waals surface area contributed by atoms with Gasteiger partial charge in [0.2, 0.25) is 0 Å². The average molecular weight is 233 g/mol. The van der Waals surface area contributed by atoms with Crippen LogP contribution in [0.15, 0.2) is 24.3 Å². The third kappa shape index (κ3) is 3.83. The quantitative estimate of drug-likeness (QED) is 0.863. The lowest BCUT2D eigenvalue weighted by molar-refractivity contribution is 0.0743. The van der Waals surface area contributed by atoms with Crippen molar-refractivity contribution in [1.29, 1.82) is 0 Å². The van der Waals surface area contributed by atoms with E-state index in [1.165, 1.54) is 17.5 Å². The number of morpholine rings is 1. The van der Waals surface area contributed by atoms with E-state index in [9.17, 15) is 0 Å². The smallest absolute Gasteiger partial charge is 0.0620 e. The summed E-state index contributed by atoms with van der Waals surface area (Å²) < 4.78 is 5.46. The van der Waals surface area contributed by atoms with Crippen molar-refractivity contribution in [2.24, 2.45) is 0 Å². The van der Waals surface area contributed by atoms with E-state index in [1.807, 2.05) is 0 Å². The second kappa shape index (κ2) is 6.18. The van der Waals surface area contributed by atoms with Crippen molar-refractivity contribution in [2.45, 2.75) is 38.6 Å². The van der Waals surface area contributed by atoms with Gasteiger partial charge in [0.1, 0.15) is 0 Å². The summed E-state index contributed by atoms with van der Waals surface area (Å²) in [5.41, 5.74) is 2.86. The summed E-state index contributed by atoms with van der Waals surface area (Å²) in [5.74, 6) is 0.623. The van der Waals surface area contributed by atoms with Crippen LogP contribution in [0.5, 0.6) is 0 Å². The molecule has 2 heteroatoms. The number of hydrogen-bond acceptors (Lipinski definition) is 2. The Morgan fingerprint density at radius 3 is 2.65 bits per heavy atom. The van der Waals surface area contributed by atoms with Crippen LogP contribution in [0.3, 0.4) is 0 Å². The van der Waals surface area contributed by atoms with Crippen molar-refractivity contribution < 1.29 is 4.74 Å². The molecule has 0 amide bonds. The molecule has 1 fully saturated rings. The third-order valence-corrected chi connectivity index (χ3v) is 3.43. The van der Waals surface area contributed by atoms with E-state index in [2.05, 4.69) is 43.4 Å². The normalized spacial score (nSPS) is 20.8. The van der Waals surface area contributed by atoms with Gasteiger partial charge >= 0.3 is 0 Å². The van der Waals surface area contributed by atoms with Gasteiger partial charge in [-0.15, -0.1) is 0 Å². The monoisotopic (exact) mass is 233 g/mol. The van der Waals surface area contributed by atoms with E-state index in [0.29, 0.717) is 12.0 Å². The van der Waals surface area contributed by atoms with Gasteiger partial charge in [-0.3, -0.25) is 0 Å². The summed E-state index contributed by atoms with van der Waals surface area (Å²) in [6, 6.07) is 9.57. The average Bonchev–Trinajstić information content (AvgIpc) is 2.38. The molecule has 2 nitrogen and oxygen atoms in total. The Hall–Kier alpha value is -0.860. The van der Waals surface area contributed by atoms with E-state index in [0.717, 1.165) is 26.2 Å². The van der Waals surface area contributed by atoms with Gasteiger partial charge in [-0.05, 0) is 29.9 Å². The lowest BCUT2D eigenvalue weighted by Crippen LogP contribution is -2.41. The summed E-state index contributed by atoms with van der Waals surface area (Å²) in [4.78, 5) is 0. The standard InChI is InChI=1S/C15H23NO/c1-12(2)14-6-3-13(4-7-14)5-8-15-11-17-10-9-16-15/h3-4,6-7,12,15-16H,5,8-11H2,1-2H3. The van der Waals surface area contributed by atoms with Crippen LogP contribution < -0.4 is 5.32 Å². The summed E-state index contributed by atoms with van der Waals surface area (Å²) in [6.45, 7) is 7.19. The SMILES string of the molecule is CC(C)c1ccc(CCC2COCCN2)cc1. The molecule has 2 rings (SSSR count). The van der Waals surface area contributed by atoms with Crippen LogP contribution in [-0.4, -0.2) is 25.8 Å². The van der Waals surface area contributed by atoms with E-state index in [-0.39, 0.29) is 0 Å².